The van der Waals surface area contributed by atoms with E-state index < -0.39 is 23.8 Å². The van der Waals surface area contributed by atoms with Crippen molar-refractivity contribution in [2.24, 2.45) is 5.92 Å². The molecule has 0 fully saturated rings. The Labute approximate surface area is 155 Å². The molecule has 0 aliphatic carbocycles. The lowest BCUT2D eigenvalue weighted by atomic mass is 10.0. The van der Waals surface area contributed by atoms with Gasteiger partial charge in [-0.15, -0.1) is 0 Å². The van der Waals surface area contributed by atoms with Crippen LogP contribution < -0.4 is 10.6 Å². The zero-order valence-electron chi connectivity index (χ0n) is 14.3. The van der Waals surface area contributed by atoms with Gasteiger partial charge in [-0.3, -0.25) is 9.59 Å². The van der Waals surface area contributed by atoms with Crippen molar-refractivity contribution < 1.29 is 23.9 Å². The largest absolute Gasteiger partial charge is 0.475 e. The Kier molecular flexibility index (Phi) is 6.41. The van der Waals surface area contributed by atoms with E-state index in [1.165, 1.54) is 12.1 Å². The van der Waals surface area contributed by atoms with Gasteiger partial charge in [0.05, 0.1) is 17.1 Å². The first-order valence-corrected chi connectivity index (χ1v) is 8.32. The number of carbonyl (C=O) groups is 3. The van der Waals surface area contributed by atoms with Crippen LogP contribution in [0.1, 0.15) is 40.5 Å². The maximum absolute atomic E-state index is 12.4. The molecule has 0 aliphatic heterocycles. The molecule has 138 valence electrons. The van der Waals surface area contributed by atoms with Crippen LogP contribution in [0.2, 0.25) is 5.02 Å². The van der Waals surface area contributed by atoms with Gasteiger partial charge in [0.2, 0.25) is 11.7 Å². The molecule has 1 atom stereocenters. The van der Waals surface area contributed by atoms with Crippen LogP contribution >= 0.6 is 11.6 Å². The number of aromatic carboxylic acids is 1. The van der Waals surface area contributed by atoms with E-state index in [0.717, 1.165) is 0 Å². The Morgan fingerprint density at radius 1 is 1.15 bits per heavy atom. The molecule has 2 aromatic rings. The van der Waals surface area contributed by atoms with Crippen LogP contribution in [-0.4, -0.2) is 28.9 Å². The number of carboxylic acid groups (broad SMARTS) is 1. The van der Waals surface area contributed by atoms with Gasteiger partial charge in [0.15, 0.2) is 0 Å². The molecule has 0 aliphatic rings. The molecule has 0 saturated heterocycles. The molecular formula is C18H19ClN2O5. The smallest absolute Gasteiger partial charge is 0.371 e. The summed E-state index contributed by atoms with van der Waals surface area (Å²) in [5.74, 6) is -2.12. The molecular weight excluding hydrogens is 360 g/mol. The van der Waals surface area contributed by atoms with Gasteiger partial charge in [0.25, 0.3) is 5.91 Å². The van der Waals surface area contributed by atoms with E-state index >= 15 is 0 Å². The van der Waals surface area contributed by atoms with Crippen LogP contribution in [0.25, 0.3) is 0 Å². The fraction of sp³-hybridized carbons (Fsp3) is 0.278. The minimum atomic E-state index is -1.19. The number of carbonyl (C=O) groups excluding carboxylic acids is 2. The SMILES string of the molecule is CC(C)C(NC(=O)c1ccccc1Cl)C(=O)NCc1ccc(C(=O)O)o1. The average molecular weight is 379 g/mol. The third-order valence-electron chi connectivity index (χ3n) is 3.66. The number of hydrogen-bond acceptors (Lipinski definition) is 4. The van der Waals surface area contributed by atoms with E-state index in [0.29, 0.717) is 10.8 Å². The van der Waals surface area contributed by atoms with Crippen molar-refractivity contribution in [2.75, 3.05) is 0 Å². The lowest BCUT2D eigenvalue weighted by molar-refractivity contribution is -0.124. The summed E-state index contributed by atoms with van der Waals surface area (Å²) in [6.07, 6.45) is 0. The van der Waals surface area contributed by atoms with Crippen LogP contribution in [0, 0.1) is 5.92 Å². The Morgan fingerprint density at radius 2 is 1.85 bits per heavy atom. The molecule has 3 N–H and O–H groups in total. The highest BCUT2D eigenvalue weighted by Crippen LogP contribution is 2.15. The first-order chi connectivity index (χ1) is 12.3. The number of amides is 2. The maximum atomic E-state index is 12.4. The summed E-state index contributed by atoms with van der Waals surface area (Å²) >= 11 is 6.01. The highest BCUT2D eigenvalue weighted by atomic mass is 35.5. The van der Waals surface area contributed by atoms with Gasteiger partial charge in [-0.1, -0.05) is 37.6 Å². The molecule has 26 heavy (non-hydrogen) atoms. The molecule has 1 aromatic carbocycles. The van der Waals surface area contributed by atoms with E-state index in [4.69, 9.17) is 21.1 Å². The number of furan rings is 1. The van der Waals surface area contributed by atoms with Crippen molar-refractivity contribution in [1.29, 1.82) is 0 Å². The number of halogens is 1. The van der Waals surface area contributed by atoms with Crippen LogP contribution in [0.4, 0.5) is 0 Å². The van der Waals surface area contributed by atoms with Gasteiger partial charge in [0.1, 0.15) is 11.8 Å². The van der Waals surface area contributed by atoms with Crippen molar-refractivity contribution in [3.8, 4) is 0 Å². The Bertz CT molecular complexity index is 815. The van der Waals surface area contributed by atoms with E-state index in [1.54, 1.807) is 38.1 Å². The second-order valence-electron chi connectivity index (χ2n) is 5.96. The summed E-state index contributed by atoms with van der Waals surface area (Å²) in [5.41, 5.74) is 0.282. The molecule has 0 bridgehead atoms. The lowest BCUT2D eigenvalue weighted by Crippen LogP contribution is -2.49. The predicted octanol–water partition coefficient (Wildman–Crippen LogP) is 2.70. The normalized spacial score (nSPS) is 11.8. The molecule has 7 nitrogen and oxygen atoms in total. The summed E-state index contributed by atoms with van der Waals surface area (Å²) in [5, 5.41) is 14.4. The van der Waals surface area contributed by atoms with Crippen molar-refractivity contribution in [3.63, 3.8) is 0 Å². The summed E-state index contributed by atoms with van der Waals surface area (Å²) in [6.45, 7) is 3.61. The first-order valence-electron chi connectivity index (χ1n) is 7.94. The van der Waals surface area contributed by atoms with Gasteiger partial charge in [-0.05, 0) is 30.2 Å². The minimum absolute atomic E-state index is 0.0112. The lowest BCUT2D eigenvalue weighted by Gasteiger charge is -2.21. The monoisotopic (exact) mass is 378 g/mol. The average Bonchev–Trinajstić information content (AvgIpc) is 3.07. The Balaban J connectivity index is 2.01. The summed E-state index contributed by atoms with van der Waals surface area (Å²) in [4.78, 5) is 35.6. The zero-order chi connectivity index (χ0) is 19.3. The van der Waals surface area contributed by atoms with Gasteiger partial charge >= 0.3 is 5.97 Å². The van der Waals surface area contributed by atoms with Gasteiger partial charge in [-0.25, -0.2) is 4.79 Å². The number of hydrogen-bond donors (Lipinski definition) is 3. The van der Waals surface area contributed by atoms with E-state index in [2.05, 4.69) is 10.6 Å². The van der Waals surface area contributed by atoms with Gasteiger partial charge < -0.3 is 20.2 Å². The molecule has 0 radical (unpaired) electrons. The second-order valence-corrected chi connectivity index (χ2v) is 6.37. The first kappa shape index (κ1) is 19.5. The van der Waals surface area contributed by atoms with Crippen molar-refractivity contribution in [2.45, 2.75) is 26.4 Å². The third-order valence-corrected chi connectivity index (χ3v) is 3.99. The van der Waals surface area contributed by atoms with E-state index in [9.17, 15) is 14.4 Å². The van der Waals surface area contributed by atoms with Crippen LogP contribution in [0.15, 0.2) is 40.8 Å². The molecule has 2 rings (SSSR count). The van der Waals surface area contributed by atoms with Crippen molar-refractivity contribution >= 4 is 29.4 Å². The fourth-order valence-corrected chi connectivity index (χ4v) is 2.49. The number of benzene rings is 1. The van der Waals surface area contributed by atoms with Crippen LogP contribution in [0.5, 0.6) is 0 Å². The quantitative estimate of drug-likeness (QED) is 0.686. The highest BCUT2D eigenvalue weighted by molar-refractivity contribution is 6.33. The molecule has 8 heteroatoms. The second kappa shape index (κ2) is 8.53. The molecule has 1 unspecified atom stereocenters. The standard InChI is InChI=1S/C18H19ClN2O5/c1-10(2)15(21-16(22)12-5-3-4-6-13(12)19)17(23)20-9-11-7-8-14(26-11)18(24)25/h3-8,10,15H,9H2,1-2H3,(H,20,23)(H,21,22)(H,24,25). The minimum Gasteiger partial charge on any atom is -0.475 e. The van der Waals surface area contributed by atoms with E-state index in [1.807, 2.05) is 0 Å². The summed E-state index contributed by atoms with van der Waals surface area (Å²) in [7, 11) is 0. The molecule has 1 heterocycles. The predicted molar refractivity (Wildman–Crippen MR) is 95.1 cm³/mol. The summed E-state index contributed by atoms with van der Waals surface area (Å²) in [6, 6.07) is 8.55. The van der Waals surface area contributed by atoms with E-state index in [-0.39, 0.29) is 23.8 Å². The number of carboxylic acids is 1. The van der Waals surface area contributed by atoms with Crippen molar-refractivity contribution in [3.05, 3.63) is 58.5 Å². The van der Waals surface area contributed by atoms with Gasteiger partial charge in [-0.2, -0.15) is 0 Å². The van der Waals surface area contributed by atoms with Crippen LogP contribution in [-0.2, 0) is 11.3 Å². The molecule has 2 amide bonds. The Hall–Kier alpha value is -2.80. The van der Waals surface area contributed by atoms with Crippen LogP contribution in [0.3, 0.4) is 0 Å². The maximum Gasteiger partial charge on any atom is 0.371 e. The topological polar surface area (TPSA) is 109 Å². The Morgan fingerprint density at radius 3 is 2.42 bits per heavy atom. The molecule has 1 aromatic heterocycles. The molecule has 0 spiro atoms. The van der Waals surface area contributed by atoms with Gasteiger partial charge in [0, 0.05) is 0 Å². The molecule has 0 saturated carbocycles. The highest BCUT2D eigenvalue weighted by Gasteiger charge is 2.25. The fourth-order valence-electron chi connectivity index (χ4n) is 2.27. The van der Waals surface area contributed by atoms with Crippen molar-refractivity contribution in [1.82, 2.24) is 10.6 Å². The number of rotatable bonds is 7. The number of nitrogens with one attached hydrogen (secondary N) is 2. The third kappa shape index (κ3) is 4.86. The zero-order valence-corrected chi connectivity index (χ0v) is 15.0. The summed E-state index contributed by atoms with van der Waals surface area (Å²) < 4.78 is 5.08.